The van der Waals surface area contributed by atoms with Gasteiger partial charge in [0.05, 0.1) is 4.90 Å². The molecule has 0 N–H and O–H groups in total. The molecule has 2 aromatic rings. The van der Waals surface area contributed by atoms with Crippen LogP contribution in [0.1, 0.15) is 23.1 Å². The van der Waals surface area contributed by atoms with E-state index in [1.165, 1.54) is 10.4 Å². The Morgan fingerprint density at radius 1 is 1.07 bits per heavy atom. The summed E-state index contributed by atoms with van der Waals surface area (Å²) in [5, 5.41) is 0. The molecule has 1 aliphatic heterocycles. The van der Waals surface area contributed by atoms with Gasteiger partial charge in [-0.05, 0) is 55.2 Å². The Bertz CT molecular complexity index is 1020. The summed E-state index contributed by atoms with van der Waals surface area (Å²) in [5.74, 6) is -0.423. The molecule has 1 amide bonds. The lowest BCUT2D eigenvalue weighted by Gasteiger charge is -2.34. The summed E-state index contributed by atoms with van der Waals surface area (Å²) in [6.45, 7) is 4.84. The molecule has 0 unspecified atom stereocenters. The normalized spacial score (nSPS) is 15.5. The summed E-state index contributed by atoms with van der Waals surface area (Å²) >= 11 is 3.22. The molecule has 1 aliphatic rings. The summed E-state index contributed by atoms with van der Waals surface area (Å²) in [4.78, 5) is 14.5. The number of benzene rings is 2. The maximum Gasteiger partial charge on any atom is 0.243 e. The number of halogens is 2. The molecule has 3 rings (SSSR count). The molecule has 0 aromatic heterocycles. The molecule has 0 saturated carbocycles. The van der Waals surface area contributed by atoms with Gasteiger partial charge in [-0.2, -0.15) is 4.31 Å². The van der Waals surface area contributed by atoms with Crippen molar-refractivity contribution in [3.8, 4) is 0 Å². The Morgan fingerprint density at radius 3 is 2.41 bits per heavy atom. The van der Waals surface area contributed by atoms with E-state index < -0.39 is 10.0 Å². The van der Waals surface area contributed by atoms with Crippen LogP contribution in [-0.2, 0) is 21.2 Å². The van der Waals surface area contributed by atoms with Gasteiger partial charge in [-0.15, -0.1) is 0 Å². The van der Waals surface area contributed by atoms with Crippen LogP contribution in [0, 0.1) is 19.7 Å². The number of sulfonamides is 1. The summed E-state index contributed by atoms with van der Waals surface area (Å²) in [6.07, 6.45) is 0.515. The van der Waals surface area contributed by atoms with Crippen molar-refractivity contribution in [2.45, 2.75) is 31.6 Å². The Labute approximate surface area is 179 Å². The van der Waals surface area contributed by atoms with Crippen LogP contribution in [0.5, 0.6) is 0 Å². The van der Waals surface area contributed by atoms with E-state index in [0.29, 0.717) is 40.0 Å². The van der Waals surface area contributed by atoms with E-state index in [1.807, 2.05) is 19.1 Å². The molecular formula is C21H24BrFN2O3S. The molecule has 1 heterocycles. The monoisotopic (exact) mass is 482 g/mol. The lowest BCUT2D eigenvalue weighted by atomic mass is 10.1. The van der Waals surface area contributed by atoms with E-state index in [2.05, 4.69) is 15.9 Å². The van der Waals surface area contributed by atoms with Gasteiger partial charge < -0.3 is 4.90 Å². The Kier molecular flexibility index (Phi) is 6.76. The fourth-order valence-electron chi connectivity index (χ4n) is 3.43. The van der Waals surface area contributed by atoms with E-state index in [9.17, 15) is 17.6 Å². The number of hydrogen-bond donors (Lipinski definition) is 0. The van der Waals surface area contributed by atoms with Crippen molar-refractivity contribution >= 4 is 31.9 Å². The first-order valence-electron chi connectivity index (χ1n) is 9.47. The smallest absolute Gasteiger partial charge is 0.243 e. The Morgan fingerprint density at radius 2 is 1.76 bits per heavy atom. The van der Waals surface area contributed by atoms with Gasteiger partial charge in [0.2, 0.25) is 15.9 Å². The van der Waals surface area contributed by atoms with E-state index in [4.69, 9.17) is 0 Å². The average molecular weight is 483 g/mol. The molecule has 8 heteroatoms. The molecule has 0 radical (unpaired) electrons. The predicted octanol–water partition coefficient (Wildman–Crippen LogP) is 3.67. The summed E-state index contributed by atoms with van der Waals surface area (Å²) in [6, 6.07) is 10.2. The topological polar surface area (TPSA) is 57.7 Å². The second kappa shape index (κ2) is 8.93. The minimum atomic E-state index is -3.59. The first kappa shape index (κ1) is 21.9. The SMILES string of the molecule is Cc1ccc(C)c(S(=O)(=O)N2CCN(C(=O)CCc3ccc(Br)cc3F)CC2)c1. The maximum absolute atomic E-state index is 13.9. The van der Waals surface area contributed by atoms with Crippen LogP contribution in [0.3, 0.4) is 0 Å². The van der Waals surface area contributed by atoms with E-state index >= 15 is 0 Å². The fraction of sp³-hybridized carbons (Fsp3) is 0.381. The molecule has 1 saturated heterocycles. The predicted molar refractivity (Wildman–Crippen MR) is 114 cm³/mol. The van der Waals surface area contributed by atoms with Gasteiger partial charge in [-0.1, -0.05) is 34.1 Å². The number of hydrogen-bond acceptors (Lipinski definition) is 3. The van der Waals surface area contributed by atoms with Crippen molar-refractivity contribution in [1.29, 1.82) is 0 Å². The molecule has 1 fully saturated rings. The standard InChI is InChI=1S/C21H24BrFN2O3S/c1-15-3-4-16(2)20(13-15)29(27,28)25-11-9-24(10-12-25)21(26)8-6-17-5-7-18(22)14-19(17)23/h3-5,7,13-14H,6,8-12H2,1-2H3. The van der Waals surface area contributed by atoms with Crippen molar-refractivity contribution in [3.05, 3.63) is 63.4 Å². The average Bonchev–Trinajstić information content (AvgIpc) is 2.69. The van der Waals surface area contributed by atoms with Crippen LogP contribution in [0.15, 0.2) is 45.8 Å². The third-order valence-corrected chi connectivity index (χ3v) is 7.71. The number of carbonyl (C=O) groups excluding carboxylic acids is 1. The first-order valence-corrected chi connectivity index (χ1v) is 11.7. The Balaban J connectivity index is 1.59. The summed E-state index contributed by atoms with van der Waals surface area (Å²) < 4.78 is 42.0. The zero-order chi connectivity index (χ0) is 21.2. The van der Waals surface area contributed by atoms with Crippen LogP contribution in [0.25, 0.3) is 0 Å². The van der Waals surface area contributed by atoms with E-state index in [1.54, 1.807) is 30.0 Å². The van der Waals surface area contributed by atoms with Crippen LogP contribution in [-0.4, -0.2) is 49.7 Å². The number of nitrogens with zero attached hydrogens (tertiary/aromatic N) is 2. The molecule has 0 atom stereocenters. The zero-order valence-electron chi connectivity index (χ0n) is 16.5. The maximum atomic E-state index is 13.9. The van der Waals surface area contributed by atoms with Crippen LogP contribution < -0.4 is 0 Å². The third-order valence-electron chi connectivity index (χ3n) is 5.18. The number of aryl methyl sites for hydroxylation is 3. The molecule has 0 bridgehead atoms. The minimum absolute atomic E-state index is 0.0869. The van der Waals surface area contributed by atoms with Gasteiger partial charge in [-0.25, -0.2) is 12.8 Å². The van der Waals surface area contributed by atoms with Crippen molar-refractivity contribution < 1.29 is 17.6 Å². The summed E-state index contributed by atoms with van der Waals surface area (Å²) in [5.41, 5.74) is 2.10. The number of rotatable bonds is 5. The van der Waals surface area contributed by atoms with Crippen molar-refractivity contribution in [2.24, 2.45) is 0 Å². The highest BCUT2D eigenvalue weighted by Gasteiger charge is 2.31. The van der Waals surface area contributed by atoms with Gasteiger partial charge in [-0.3, -0.25) is 4.79 Å². The molecule has 5 nitrogen and oxygen atoms in total. The summed E-state index contributed by atoms with van der Waals surface area (Å²) in [7, 11) is -3.59. The molecule has 156 valence electrons. The van der Waals surface area contributed by atoms with Crippen molar-refractivity contribution in [3.63, 3.8) is 0 Å². The molecule has 0 spiro atoms. The molecule has 2 aromatic carbocycles. The van der Waals surface area contributed by atoms with E-state index in [-0.39, 0.29) is 31.2 Å². The lowest BCUT2D eigenvalue weighted by Crippen LogP contribution is -2.50. The van der Waals surface area contributed by atoms with Gasteiger partial charge in [0.15, 0.2) is 0 Å². The number of piperazine rings is 1. The van der Waals surface area contributed by atoms with Crippen molar-refractivity contribution in [2.75, 3.05) is 26.2 Å². The van der Waals surface area contributed by atoms with Gasteiger partial charge in [0.1, 0.15) is 5.82 Å². The number of amides is 1. The van der Waals surface area contributed by atoms with Crippen LogP contribution in [0.4, 0.5) is 4.39 Å². The van der Waals surface area contributed by atoms with Gasteiger partial charge >= 0.3 is 0 Å². The number of carbonyl (C=O) groups is 1. The van der Waals surface area contributed by atoms with Gasteiger partial charge in [0.25, 0.3) is 0 Å². The Hall–Kier alpha value is -1.77. The second-order valence-corrected chi connectivity index (χ2v) is 10.1. The first-order chi connectivity index (χ1) is 13.7. The van der Waals surface area contributed by atoms with Gasteiger partial charge in [0, 0.05) is 37.1 Å². The zero-order valence-corrected chi connectivity index (χ0v) is 18.9. The molecule has 29 heavy (non-hydrogen) atoms. The second-order valence-electron chi connectivity index (χ2n) is 7.29. The fourth-order valence-corrected chi connectivity index (χ4v) is 5.49. The quantitative estimate of drug-likeness (QED) is 0.652. The highest BCUT2D eigenvalue weighted by atomic mass is 79.9. The minimum Gasteiger partial charge on any atom is -0.340 e. The molecular weight excluding hydrogens is 459 g/mol. The van der Waals surface area contributed by atoms with Crippen LogP contribution in [0.2, 0.25) is 0 Å². The largest absolute Gasteiger partial charge is 0.340 e. The van der Waals surface area contributed by atoms with Crippen LogP contribution >= 0.6 is 15.9 Å². The third kappa shape index (κ3) is 5.05. The van der Waals surface area contributed by atoms with E-state index in [0.717, 1.165) is 5.56 Å². The van der Waals surface area contributed by atoms with Crippen molar-refractivity contribution in [1.82, 2.24) is 9.21 Å². The molecule has 0 aliphatic carbocycles. The lowest BCUT2D eigenvalue weighted by molar-refractivity contribution is -0.132. The highest BCUT2D eigenvalue weighted by Crippen LogP contribution is 2.23. The highest BCUT2D eigenvalue weighted by molar-refractivity contribution is 9.10.